The average Bonchev–Trinajstić information content (AvgIpc) is 3.18. The Bertz CT molecular complexity index is 1100. The summed E-state index contributed by atoms with van der Waals surface area (Å²) in [6.07, 6.45) is 0.537. The predicted molar refractivity (Wildman–Crippen MR) is 137 cm³/mol. The number of aryl methyl sites for hydroxylation is 1. The van der Waals surface area contributed by atoms with E-state index in [1.165, 1.54) is 4.90 Å². The molecule has 2 aromatic rings. The van der Waals surface area contributed by atoms with Gasteiger partial charge >= 0.3 is 6.03 Å². The van der Waals surface area contributed by atoms with Crippen LogP contribution >= 0.6 is 11.6 Å². The molecule has 3 N–H and O–H groups in total. The van der Waals surface area contributed by atoms with Crippen molar-refractivity contribution >= 4 is 41.0 Å². The summed E-state index contributed by atoms with van der Waals surface area (Å²) in [5, 5.41) is 8.37. The summed E-state index contributed by atoms with van der Waals surface area (Å²) in [4.78, 5) is 49.9. The van der Waals surface area contributed by atoms with E-state index in [4.69, 9.17) is 11.6 Å². The number of urea groups is 1. The molecule has 188 valence electrons. The van der Waals surface area contributed by atoms with Crippen LogP contribution in [-0.2, 0) is 22.7 Å². The van der Waals surface area contributed by atoms with Crippen LogP contribution in [0.15, 0.2) is 36.4 Å². The van der Waals surface area contributed by atoms with Gasteiger partial charge in [-0.2, -0.15) is 0 Å². The van der Waals surface area contributed by atoms with Gasteiger partial charge in [-0.3, -0.25) is 19.7 Å². The zero-order chi connectivity index (χ0) is 26.1. The molecule has 9 heteroatoms. The van der Waals surface area contributed by atoms with Crippen LogP contribution in [-0.4, -0.2) is 34.7 Å². The number of halogens is 1. The standard InChI is InChI=1S/C22H21ClN4O4.2C2H6/c1-12-2-4-15(9-17(12)23)25-22(31)24-10-13-3-5-16-14(8-13)11-27(21(16)30)18-6-7-19(28)26-20(18)29;2*1-2/h2-5,8-9,18H,6-7,10-11H2,1H3,(H2,24,25,31)(H,26,28,29);2*1-2H3. The van der Waals surface area contributed by atoms with Crippen molar-refractivity contribution in [1.82, 2.24) is 15.5 Å². The molecule has 35 heavy (non-hydrogen) atoms. The minimum Gasteiger partial charge on any atom is -0.334 e. The lowest BCUT2D eigenvalue weighted by atomic mass is 10.0. The number of rotatable bonds is 4. The smallest absolute Gasteiger partial charge is 0.319 e. The van der Waals surface area contributed by atoms with Crippen molar-refractivity contribution in [2.24, 2.45) is 0 Å². The van der Waals surface area contributed by atoms with E-state index in [1.807, 2.05) is 46.8 Å². The molecule has 0 aliphatic carbocycles. The van der Waals surface area contributed by atoms with E-state index in [0.717, 1.165) is 16.7 Å². The van der Waals surface area contributed by atoms with Crippen LogP contribution in [0, 0.1) is 6.92 Å². The van der Waals surface area contributed by atoms with Crippen molar-refractivity contribution in [3.8, 4) is 0 Å². The molecule has 2 aromatic carbocycles. The highest BCUT2D eigenvalue weighted by atomic mass is 35.5. The lowest BCUT2D eigenvalue weighted by Gasteiger charge is -2.29. The molecule has 8 nitrogen and oxygen atoms in total. The molecular weight excluding hydrogens is 468 g/mol. The molecule has 0 saturated carbocycles. The summed E-state index contributed by atoms with van der Waals surface area (Å²) in [6.45, 7) is 10.4. The highest BCUT2D eigenvalue weighted by Crippen LogP contribution is 2.28. The van der Waals surface area contributed by atoms with Gasteiger partial charge in [0.1, 0.15) is 6.04 Å². The van der Waals surface area contributed by atoms with Crippen molar-refractivity contribution in [2.45, 2.75) is 66.6 Å². The van der Waals surface area contributed by atoms with Gasteiger partial charge < -0.3 is 15.5 Å². The lowest BCUT2D eigenvalue weighted by Crippen LogP contribution is -2.52. The van der Waals surface area contributed by atoms with Gasteiger partial charge in [-0.25, -0.2) is 4.79 Å². The summed E-state index contributed by atoms with van der Waals surface area (Å²) in [7, 11) is 0. The van der Waals surface area contributed by atoms with Gasteiger partial charge in [0.05, 0.1) is 0 Å². The number of nitrogens with zero attached hydrogens (tertiary/aromatic N) is 1. The van der Waals surface area contributed by atoms with E-state index in [0.29, 0.717) is 29.2 Å². The Morgan fingerprint density at radius 3 is 2.46 bits per heavy atom. The second-order valence-electron chi connectivity index (χ2n) is 7.66. The van der Waals surface area contributed by atoms with E-state index in [1.54, 1.807) is 24.3 Å². The number of hydrogen-bond acceptors (Lipinski definition) is 4. The van der Waals surface area contributed by atoms with Crippen molar-refractivity contribution in [2.75, 3.05) is 5.32 Å². The summed E-state index contributed by atoms with van der Waals surface area (Å²) < 4.78 is 0. The Morgan fingerprint density at radius 2 is 1.80 bits per heavy atom. The molecule has 4 rings (SSSR count). The quantitative estimate of drug-likeness (QED) is 0.525. The number of nitrogens with one attached hydrogen (secondary N) is 3. The number of anilines is 1. The topological polar surface area (TPSA) is 108 Å². The maximum atomic E-state index is 12.7. The minimum absolute atomic E-state index is 0.215. The molecule has 0 spiro atoms. The molecule has 0 radical (unpaired) electrons. The Kier molecular flexibility index (Phi) is 10.3. The van der Waals surface area contributed by atoms with E-state index in [2.05, 4.69) is 16.0 Å². The van der Waals surface area contributed by atoms with Crippen molar-refractivity contribution in [3.63, 3.8) is 0 Å². The monoisotopic (exact) mass is 500 g/mol. The van der Waals surface area contributed by atoms with Gasteiger partial charge in [0.2, 0.25) is 11.8 Å². The van der Waals surface area contributed by atoms with Gasteiger partial charge in [-0.05, 0) is 48.2 Å². The lowest BCUT2D eigenvalue weighted by molar-refractivity contribution is -0.136. The summed E-state index contributed by atoms with van der Waals surface area (Å²) in [6, 6.07) is 9.58. The third kappa shape index (κ3) is 6.82. The summed E-state index contributed by atoms with van der Waals surface area (Å²) in [5.74, 6) is -0.977. The fourth-order valence-electron chi connectivity index (χ4n) is 3.77. The van der Waals surface area contributed by atoms with E-state index in [-0.39, 0.29) is 30.8 Å². The van der Waals surface area contributed by atoms with Gasteiger partial charge in [0.25, 0.3) is 5.91 Å². The van der Waals surface area contributed by atoms with Crippen LogP contribution in [0.2, 0.25) is 5.02 Å². The number of carbonyl (C=O) groups is 4. The van der Waals surface area contributed by atoms with Crippen LogP contribution in [0.1, 0.15) is 67.6 Å². The zero-order valence-electron chi connectivity index (χ0n) is 20.8. The first-order chi connectivity index (χ1) is 16.8. The number of benzene rings is 2. The molecule has 0 bridgehead atoms. The Hall–Kier alpha value is -3.39. The highest BCUT2D eigenvalue weighted by molar-refractivity contribution is 6.31. The third-order valence-electron chi connectivity index (χ3n) is 5.47. The van der Waals surface area contributed by atoms with Crippen molar-refractivity contribution in [3.05, 3.63) is 63.7 Å². The number of piperidine rings is 1. The maximum Gasteiger partial charge on any atom is 0.319 e. The normalized spacial score (nSPS) is 16.2. The molecule has 1 saturated heterocycles. The number of hydrogen-bond donors (Lipinski definition) is 3. The SMILES string of the molecule is CC.CC.Cc1ccc(NC(=O)NCc2ccc3c(c2)CN(C2CCC(=O)NC2=O)C3=O)cc1Cl. The molecule has 1 atom stereocenters. The van der Waals surface area contributed by atoms with Gasteiger partial charge in [0, 0.05) is 35.8 Å². The van der Waals surface area contributed by atoms with Crippen LogP contribution < -0.4 is 16.0 Å². The van der Waals surface area contributed by atoms with Gasteiger partial charge in [0.15, 0.2) is 0 Å². The van der Waals surface area contributed by atoms with E-state index in [9.17, 15) is 19.2 Å². The largest absolute Gasteiger partial charge is 0.334 e. The van der Waals surface area contributed by atoms with Crippen LogP contribution in [0.25, 0.3) is 0 Å². The molecule has 2 aliphatic rings. The fourth-order valence-corrected chi connectivity index (χ4v) is 3.95. The molecule has 1 fully saturated rings. The Morgan fingerprint density at radius 1 is 1.09 bits per heavy atom. The van der Waals surface area contributed by atoms with E-state index < -0.39 is 11.9 Å². The minimum atomic E-state index is -0.647. The number of carbonyl (C=O) groups excluding carboxylic acids is 4. The zero-order valence-corrected chi connectivity index (χ0v) is 21.6. The molecular formula is C26H33ClN4O4. The van der Waals surface area contributed by atoms with Crippen LogP contribution in [0.5, 0.6) is 0 Å². The molecule has 2 aliphatic heterocycles. The van der Waals surface area contributed by atoms with Gasteiger partial charge in [-0.15, -0.1) is 0 Å². The molecule has 1 unspecified atom stereocenters. The number of imide groups is 1. The number of fused-ring (bicyclic) bond motifs is 1. The number of amides is 5. The van der Waals surface area contributed by atoms with E-state index >= 15 is 0 Å². The molecule has 0 aromatic heterocycles. The fraction of sp³-hybridized carbons (Fsp3) is 0.385. The van der Waals surface area contributed by atoms with Crippen LogP contribution in [0.4, 0.5) is 10.5 Å². The van der Waals surface area contributed by atoms with Gasteiger partial charge in [-0.1, -0.05) is 57.5 Å². The Labute approximate surface area is 211 Å². The third-order valence-corrected chi connectivity index (χ3v) is 5.88. The predicted octanol–water partition coefficient (Wildman–Crippen LogP) is 4.78. The summed E-state index contributed by atoms with van der Waals surface area (Å²) >= 11 is 6.08. The first kappa shape index (κ1) is 27.9. The highest BCUT2D eigenvalue weighted by Gasteiger charge is 2.39. The van der Waals surface area contributed by atoms with Crippen molar-refractivity contribution < 1.29 is 19.2 Å². The van der Waals surface area contributed by atoms with Crippen LogP contribution in [0.3, 0.4) is 0 Å². The second-order valence-corrected chi connectivity index (χ2v) is 8.07. The van der Waals surface area contributed by atoms with Crippen molar-refractivity contribution in [1.29, 1.82) is 0 Å². The molecule has 5 amide bonds. The Balaban J connectivity index is 0.00000103. The first-order valence-electron chi connectivity index (χ1n) is 11.9. The second kappa shape index (κ2) is 12.9. The summed E-state index contributed by atoms with van der Waals surface area (Å²) in [5.41, 5.74) is 3.67. The first-order valence-corrected chi connectivity index (χ1v) is 12.3. The average molecular weight is 501 g/mol. The maximum absolute atomic E-state index is 12.7. The molecule has 2 heterocycles.